The molecule has 0 unspecified atom stereocenters. The summed E-state index contributed by atoms with van der Waals surface area (Å²) < 4.78 is 5.81. The predicted octanol–water partition coefficient (Wildman–Crippen LogP) is 2.86. The molecule has 0 aliphatic heterocycles. The Hall–Kier alpha value is -1.58. The molecule has 0 bridgehead atoms. The summed E-state index contributed by atoms with van der Waals surface area (Å²) in [6, 6.07) is 9.70. The second-order valence-corrected chi connectivity index (χ2v) is 4.63. The molecule has 2 rings (SSSR count). The van der Waals surface area contributed by atoms with Gasteiger partial charge in [0.1, 0.15) is 5.75 Å². The van der Waals surface area contributed by atoms with Crippen molar-refractivity contribution in [1.29, 1.82) is 0 Å². The van der Waals surface area contributed by atoms with Crippen molar-refractivity contribution in [2.75, 3.05) is 13.2 Å². The second kappa shape index (κ2) is 7.12. The Morgan fingerprint density at radius 3 is 2.79 bits per heavy atom. The van der Waals surface area contributed by atoms with Gasteiger partial charge in [-0.2, -0.15) is 0 Å². The minimum atomic E-state index is 0.576. The topological polar surface area (TPSA) is 48.1 Å². The van der Waals surface area contributed by atoms with Gasteiger partial charge in [0.2, 0.25) is 0 Å². The lowest BCUT2D eigenvalue weighted by Crippen LogP contribution is -2.07. The molecule has 19 heavy (non-hydrogen) atoms. The van der Waals surface area contributed by atoms with Crippen molar-refractivity contribution >= 4 is 11.6 Å². The molecule has 2 N–H and O–H groups in total. The van der Waals surface area contributed by atoms with Gasteiger partial charge in [-0.1, -0.05) is 29.8 Å². The Morgan fingerprint density at radius 2 is 2.05 bits per heavy atom. The fraction of sp³-hybridized carbons (Fsp3) is 0.267. The minimum Gasteiger partial charge on any atom is -0.491 e. The molecule has 4 heteroatoms. The summed E-state index contributed by atoms with van der Waals surface area (Å²) in [7, 11) is 0. The van der Waals surface area contributed by atoms with Crippen molar-refractivity contribution in [3.8, 4) is 5.75 Å². The first-order chi connectivity index (χ1) is 9.31. The average Bonchev–Trinajstić information content (AvgIpc) is 2.43. The molecule has 100 valence electrons. The van der Waals surface area contributed by atoms with Crippen LogP contribution < -0.4 is 10.5 Å². The van der Waals surface area contributed by atoms with Crippen molar-refractivity contribution in [3.05, 3.63) is 58.9 Å². The summed E-state index contributed by atoms with van der Waals surface area (Å²) in [6.07, 6.45) is 5.18. The number of nitrogens with zero attached hydrogens (tertiary/aromatic N) is 1. The first-order valence-corrected chi connectivity index (χ1v) is 6.68. The van der Waals surface area contributed by atoms with E-state index in [-0.39, 0.29) is 0 Å². The van der Waals surface area contributed by atoms with Gasteiger partial charge in [0, 0.05) is 18.8 Å². The molecule has 0 spiro atoms. The fourth-order valence-corrected chi connectivity index (χ4v) is 2.13. The number of nitrogens with two attached hydrogens (primary N) is 1. The average molecular weight is 277 g/mol. The van der Waals surface area contributed by atoms with E-state index in [4.69, 9.17) is 22.1 Å². The van der Waals surface area contributed by atoms with Gasteiger partial charge in [-0.3, -0.25) is 4.98 Å². The van der Waals surface area contributed by atoms with Crippen molar-refractivity contribution in [3.63, 3.8) is 0 Å². The van der Waals surface area contributed by atoms with Crippen molar-refractivity contribution in [1.82, 2.24) is 4.98 Å². The number of pyridine rings is 1. The molecule has 0 fully saturated rings. The van der Waals surface area contributed by atoms with Crippen LogP contribution in [0.1, 0.15) is 11.1 Å². The molecule has 3 nitrogen and oxygen atoms in total. The number of ether oxygens (including phenoxy) is 1. The van der Waals surface area contributed by atoms with Crippen LogP contribution in [0.3, 0.4) is 0 Å². The number of aromatic nitrogens is 1. The summed E-state index contributed by atoms with van der Waals surface area (Å²) in [4.78, 5) is 4.08. The second-order valence-electron chi connectivity index (χ2n) is 4.23. The maximum absolute atomic E-state index is 6.17. The normalized spacial score (nSPS) is 10.4. The number of hydrogen-bond donors (Lipinski definition) is 1. The number of benzene rings is 1. The maximum atomic E-state index is 6.17. The Kier molecular flexibility index (Phi) is 5.19. The molecule has 0 saturated carbocycles. The quantitative estimate of drug-likeness (QED) is 0.883. The molecule has 1 aromatic heterocycles. The summed E-state index contributed by atoms with van der Waals surface area (Å²) in [6.45, 7) is 1.16. The van der Waals surface area contributed by atoms with Crippen LogP contribution in [-0.2, 0) is 12.8 Å². The Morgan fingerprint density at radius 1 is 1.16 bits per heavy atom. The molecule has 0 amide bonds. The van der Waals surface area contributed by atoms with E-state index in [1.165, 1.54) is 0 Å². The van der Waals surface area contributed by atoms with Crippen LogP contribution in [0.15, 0.2) is 42.7 Å². The van der Waals surface area contributed by atoms with E-state index in [0.29, 0.717) is 18.2 Å². The van der Waals surface area contributed by atoms with E-state index in [1.54, 1.807) is 6.20 Å². The van der Waals surface area contributed by atoms with Gasteiger partial charge in [0.05, 0.1) is 11.6 Å². The highest BCUT2D eigenvalue weighted by Crippen LogP contribution is 2.29. The number of hydrogen-bond acceptors (Lipinski definition) is 3. The van der Waals surface area contributed by atoms with Crippen LogP contribution in [0.5, 0.6) is 5.75 Å². The first kappa shape index (κ1) is 13.8. The number of rotatable bonds is 6. The van der Waals surface area contributed by atoms with Crippen LogP contribution in [0, 0.1) is 0 Å². The summed E-state index contributed by atoms with van der Waals surface area (Å²) in [5.41, 5.74) is 7.80. The van der Waals surface area contributed by atoms with Gasteiger partial charge in [-0.25, -0.2) is 0 Å². The number of halogens is 1. The van der Waals surface area contributed by atoms with E-state index in [9.17, 15) is 0 Å². The summed E-state index contributed by atoms with van der Waals surface area (Å²) in [5, 5.41) is 0.636. The molecular formula is C15H17ClN2O. The Bertz CT molecular complexity index is 517. The smallest absolute Gasteiger partial charge is 0.141 e. The van der Waals surface area contributed by atoms with Gasteiger partial charge >= 0.3 is 0 Å². The summed E-state index contributed by atoms with van der Waals surface area (Å²) >= 11 is 6.17. The third-order valence-electron chi connectivity index (χ3n) is 2.82. The highest BCUT2D eigenvalue weighted by atomic mass is 35.5. The Labute approximate surface area is 118 Å². The first-order valence-electron chi connectivity index (χ1n) is 6.30. The highest BCUT2D eigenvalue weighted by Gasteiger charge is 2.07. The van der Waals surface area contributed by atoms with Crippen molar-refractivity contribution in [2.45, 2.75) is 12.8 Å². The zero-order valence-corrected chi connectivity index (χ0v) is 11.4. The monoisotopic (exact) mass is 276 g/mol. The third kappa shape index (κ3) is 3.94. The lowest BCUT2D eigenvalue weighted by molar-refractivity contribution is 0.318. The SMILES string of the molecule is NCCc1cccc(Cl)c1OCCc1cccnc1. The van der Waals surface area contributed by atoms with E-state index in [0.717, 1.165) is 29.7 Å². The maximum Gasteiger partial charge on any atom is 0.141 e. The molecule has 0 radical (unpaired) electrons. The molecule has 1 aromatic carbocycles. The van der Waals surface area contributed by atoms with E-state index in [1.807, 2.05) is 36.5 Å². The zero-order chi connectivity index (χ0) is 13.5. The fourth-order valence-electron chi connectivity index (χ4n) is 1.88. The molecule has 0 atom stereocenters. The van der Waals surface area contributed by atoms with Gasteiger partial charge in [-0.15, -0.1) is 0 Å². The van der Waals surface area contributed by atoms with Gasteiger partial charge in [0.15, 0.2) is 0 Å². The number of para-hydroxylation sites is 1. The van der Waals surface area contributed by atoms with Gasteiger partial charge < -0.3 is 10.5 Å². The van der Waals surface area contributed by atoms with Crippen LogP contribution >= 0.6 is 11.6 Å². The molecule has 2 aromatic rings. The van der Waals surface area contributed by atoms with E-state index < -0.39 is 0 Å². The summed E-state index contributed by atoms with van der Waals surface area (Å²) in [5.74, 6) is 0.749. The molecule has 1 heterocycles. The standard InChI is InChI=1S/C15H17ClN2O/c16-14-5-1-4-13(6-8-17)15(14)19-10-7-12-3-2-9-18-11-12/h1-5,9,11H,6-8,10,17H2. The predicted molar refractivity (Wildman–Crippen MR) is 77.6 cm³/mol. The van der Waals surface area contributed by atoms with Crippen molar-refractivity contribution < 1.29 is 4.74 Å². The lowest BCUT2D eigenvalue weighted by Gasteiger charge is -2.12. The molecule has 0 aliphatic rings. The zero-order valence-electron chi connectivity index (χ0n) is 10.7. The van der Waals surface area contributed by atoms with Gasteiger partial charge in [-0.05, 0) is 36.2 Å². The van der Waals surface area contributed by atoms with Crippen LogP contribution in [-0.4, -0.2) is 18.1 Å². The van der Waals surface area contributed by atoms with Crippen molar-refractivity contribution in [2.24, 2.45) is 5.73 Å². The highest BCUT2D eigenvalue weighted by molar-refractivity contribution is 6.32. The van der Waals surface area contributed by atoms with Crippen LogP contribution in [0.2, 0.25) is 5.02 Å². The molecule has 0 aliphatic carbocycles. The lowest BCUT2D eigenvalue weighted by atomic mass is 10.1. The van der Waals surface area contributed by atoms with Crippen LogP contribution in [0.25, 0.3) is 0 Å². The van der Waals surface area contributed by atoms with Crippen LogP contribution in [0.4, 0.5) is 0 Å². The minimum absolute atomic E-state index is 0.576. The molecule has 0 saturated heterocycles. The van der Waals surface area contributed by atoms with E-state index in [2.05, 4.69) is 4.98 Å². The Balaban J connectivity index is 1.99. The van der Waals surface area contributed by atoms with E-state index >= 15 is 0 Å². The molecular weight excluding hydrogens is 260 g/mol. The largest absolute Gasteiger partial charge is 0.491 e. The van der Waals surface area contributed by atoms with Gasteiger partial charge in [0.25, 0.3) is 0 Å². The third-order valence-corrected chi connectivity index (χ3v) is 3.12.